The van der Waals surface area contributed by atoms with Gasteiger partial charge in [-0.25, -0.2) is 4.79 Å². The fourth-order valence-electron chi connectivity index (χ4n) is 3.66. The van der Waals surface area contributed by atoms with Crippen LogP contribution in [0.25, 0.3) is 0 Å². The van der Waals surface area contributed by atoms with E-state index in [2.05, 4.69) is 10.6 Å². The highest BCUT2D eigenvalue weighted by Crippen LogP contribution is 2.31. The molecule has 2 N–H and O–H groups in total. The van der Waals surface area contributed by atoms with Gasteiger partial charge in [-0.15, -0.1) is 0 Å². The average Bonchev–Trinajstić information content (AvgIpc) is 3.36. The standard InChI is InChI=1S/C22H21F3N2O6/c23-22(24,25)13-5-4-6-14(9-13)26-21(29)33-17-11-32-19-16(10-31-20(17)19)27-18(28)12-30-15-7-2-1-3-8-15/h1-9,16-17,19-20H,10-12H2,(H,26,29)(H,27,28)/t16-,17+,19+,20+/m0/s1. The SMILES string of the molecule is O=C(COc1ccccc1)N[C@H]1CO[C@H]2[C@@H]1OC[C@H]2OC(=O)Nc1cccc(C(F)(F)F)c1. The summed E-state index contributed by atoms with van der Waals surface area (Å²) in [6.07, 6.45) is -7.38. The Morgan fingerprint density at radius 3 is 2.52 bits per heavy atom. The molecule has 2 aromatic rings. The minimum absolute atomic E-state index is 0.0260. The minimum atomic E-state index is -4.53. The van der Waals surface area contributed by atoms with E-state index >= 15 is 0 Å². The number of para-hydroxylation sites is 1. The first-order valence-corrected chi connectivity index (χ1v) is 10.1. The molecule has 0 aliphatic carbocycles. The maximum atomic E-state index is 12.8. The first-order valence-electron chi connectivity index (χ1n) is 10.1. The molecular weight excluding hydrogens is 445 g/mol. The summed E-state index contributed by atoms with van der Waals surface area (Å²) >= 11 is 0. The molecule has 33 heavy (non-hydrogen) atoms. The Hall–Kier alpha value is -3.31. The molecule has 2 amide bonds. The van der Waals surface area contributed by atoms with Gasteiger partial charge in [0.15, 0.2) is 12.7 Å². The largest absolute Gasteiger partial charge is 0.484 e. The van der Waals surface area contributed by atoms with Gasteiger partial charge in [-0.1, -0.05) is 24.3 Å². The molecule has 2 saturated heterocycles. The fraction of sp³-hybridized carbons (Fsp3) is 0.364. The predicted molar refractivity (Wildman–Crippen MR) is 109 cm³/mol. The van der Waals surface area contributed by atoms with Crippen molar-refractivity contribution in [1.29, 1.82) is 0 Å². The summed E-state index contributed by atoms with van der Waals surface area (Å²) in [6, 6.07) is 12.6. The number of carbonyl (C=O) groups is 2. The van der Waals surface area contributed by atoms with Crippen molar-refractivity contribution in [3.8, 4) is 5.75 Å². The average molecular weight is 466 g/mol. The number of hydrogen-bond donors (Lipinski definition) is 2. The Morgan fingerprint density at radius 2 is 1.76 bits per heavy atom. The predicted octanol–water partition coefficient (Wildman–Crippen LogP) is 2.98. The summed E-state index contributed by atoms with van der Waals surface area (Å²) in [4.78, 5) is 24.4. The van der Waals surface area contributed by atoms with Crippen LogP contribution in [0.15, 0.2) is 54.6 Å². The third kappa shape index (κ3) is 5.74. The van der Waals surface area contributed by atoms with Gasteiger partial charge in [-0.3, -0.25) is 10.1 Å². The van der Waals surface area contributed by atoms with Crippen molar-refractivity contribution >= 4 is 17.7 Å². The number of fused-ring (bicyclic) bond motifs is 1. The van der Waals surface area contributed by atoms with E-state index in [1.807, 2.05) is 6.07 Å². The van der Waals surface area contributed by atoms with Crippen molar-refractivity contribution in [2.75, 3.05) is 25.1 Å². The molecule has 4 rings (SSSR count). The summed E-state index contributed by atoms with van der Waals surface area (Å²) in [5.41, 5.74) is -0.945. The number of amides is 2. The molecule has 0 aromatic heterocycles. The monoisotopic (exact) mass is 466 g/mol. The van der Waals surface area contributed by atoms with Gasteiger partial charge in [-0.2, -0.15) is 13.2 Å². The lowest BCUT2D eigenvalue weighted by Crippen LogP contribution is -2.46. The Kier molecular flexibility index (Phi) is 6.70. The van der Waals surface area contributed by atoms with E-state index < -0.39 is 42.2 Å². The van der Waals surface area contributed by atoms with Gasteiger partial charge in [0.1, 0.15) is 18.0 Å². The summed E-state index contributed by atoms with van der Waals surface area (Å²) in [5, 5.41) is 5.06. The summed E-state index contributed by atoms with van der Waals surface area (Å²) < 4.78 is 60.5. The Morgan fingerprint density at radius 1 is 1.00 bits per heavy atom. The van der Waals surface area contributed by atoms with Crippen molar-refractivity contribution in [2.45, 2.75) is 30.5 Å². The number of anilines is 1. The lowest BCUT2D eigenvalue weighted by Gasteiger charge is -2.18. The van der Waals surface area contributed by atoms with Gasteiger partial charge in [0.2, 0.25) is 0 Å². The maximum Gasteiger partial charge on any atom is 0.416 e. The van der Waals surface area contributed by atoms with E-state index in [0.29, 0.717) is 5.75 Å². The Labute approximate surface area is 186 Å². The summed E-state index contributed by atoms with van der Waals surface area (Å²) in [7, 11) is 0. The van der Waals surface area contributed by atoms with Crippen LogP contribution >= 0.6 is 0 Å². The number of carbonyl (C=O) groups excluding carboxylic acids is 2. The van der Waals surface area contributed by atoms with E-state index in [1.54, 1.807) is 24.3 Å². The second kappa shape index (κ2) is 9.67. The van der Waals surface area contributed by atoms with Crippen molar-refractivity contribution in [3.05, 3.63) is 60.2 Å². The minimum Gasteiger partial charge on any atom is -0.484 e. The number of halogens is 3. The smallest absolute Gasteiger partial charge is 0.416 e. The summed E-state index contributed by atoms with van der Waals surface area (Å²) in [6.45, 7) is -0.00300. The zero-order valence-corrected chi connectivity index (χ0v) is 17.2. The van der Waals surface area contributed by atoms with Crippen molar-refractivity contribution in [3.63, 3.8) is 0 Å². The van der Waals surface area contributed by atoms with Crippen LogP contribution < -0.4 is 15.4 Å². The molecule has 0 spiro atoms. The van der Waals surface area contributed by atoms with E-state index in [-0.39, 0.29) is 31.4 Å². The van der Waals surface area contributed by atoms with Crippen molar-refractivity contribution in [1.82, 2.24) is 5.32 Å². The van der Waals surface area contributed by atoms with Gasteiger partial charge in [-0.05, 0) is 30.3 Å². The Balaban J connectivity index is 1.26. The van der Waals surface area contributed by atoms with Crippen LogP contribution in [0.5, 0.6) is 5.75 Å². The van der Waals surface area contributed by atoms with Crippen LogP contribution in [0.3, 0.4) is 0 Å². The molecule has 4 atom stereocenters. The van der Waals surface area contributed by atoms with E-state index in [1.165, 1.54) is 12.1 Å². The Bertz CT molecular complexity index is 988. The number of rotatable bonds is 6. The molecule has 2 fully saturated rings. The third-order valence-corrected chi connectivity index (χ3v) is 5.16. The topological polar surface area (TPSA) is 95.1 Å². The highest BCUT2D eigenvalue weighted by molar-refractivity contribution is 5.84. The highest BCUT2D eigenvalue weighted by atomic mass is 19.4. The lowest BCUT2D eigenvalue weighted by molar-refractivity contribution is -0.137. The molecule has 176 valence electrons. The van der Waals surface area contributed by atoms with Crippen molar-refractivity contribution in [2.24, 2.45) is 0 Å². The third-order valence-electron chi connectivity index (χ3n) is 5.16. The number of benzene rings is 2. The molecule has 8 nitrogen and oxygen atoms in total. The van der Waals surface area contributed by atoms with Gasteiger partial charge < -0.3 is 24.3 Å². The van der Waals surface area contributed by atoms with Gasteiger partial charge >= 0.3 is 12.3 Å². The van der Waals surface area contributed by atoms with Gasteiger partial charge in [0, 0.05) is 5.69 Å². The van der Waals surface area contributed by atoms with E-state index in [9.17, 15) is 22.8 Å². The molecular formula is C22H21F3N2O6. The molecule has 0 unspecified atom stereocenters. The highest BCUT2D eigenvalue weighted by Gasteiger charge is 2.50. The van der Waals surface area contributed by atoms with Gasteiger partial charge in [0.25, 0.3) is 5.91 Å². The fourth-order valence-corrected chi connectivity index (χ4v) is 3.66. The number of hydrogen-bond acceptors (Lipinski definition) is 6. The maximum absolute atomic E-state index is 12.8. The lowest BCUT2D eigenvalue weighted by atomic mass is 10.1. The van der Waals surface area contributed by atoms with Crippen LogP contribution in [0.4, 0.5) is 23.7 Å². The molecule has 0 saturated carbocycles. The van der Waals surface area contributed by atoms with Crippen LogP contribution in [-0.2, 0) is 25.2 Å². The zero-order valence-electron chi connectivity index (χ0n) is 17.2. The number of alkyl halides is 3. The molecule has 2 heterocycles. The quantitative estimate of drug-likeness (QED) is 0.680. The van der Waals surface area contributed by atoms with Crippen molar-refractivity contribution < 1.29 is 41.7 Å². The first-order chi connectivity index (χ1) is 15.8. The second-order valence-electron chi connectivity index (χ2n) is 7.52. The normalized spacial score (nSPS) is 24.1. The first kappa shape index (κ1) is 22.9. The second-order valence-corrected chi connectivity index (χ2v) is 7.52. The molecule has 2 aliphatic rings. The molecule has 0 radical (unpaired) electrons. The van der Waals surface area contributed by atoms with E-state index in [0.717, 1.165) is 12.1 Å². The number of nitrogens with one attached hydrogen (secondary N) is 2. The molecule has 11 heteroatoms. The summed E-state index contributed by atoms with van der Waals surface area (Å²) in [5.74, 6) is 0.203. The van der Waals surface area contributed by atoms with Crippen LogP contribution in [0.2, 0.25) is 0 Å². The molecule has 2 aromatic carbocycles. The van der Waals surface area contributed by atoms with Crippen LogP contribution in [-0.4, -0.2) is 56.2 Å². The molecule has 2 aliphatic heterocycles. The van der Waals surface area contributed by atoms with Crippen LogP contribution in [0, 0.1) is 0 Å². The number of ether oxygens (including phenoxy) is 4. The van der Waals surface area contributed by atoms with E-state index in [4.69, 9.17) is 18.9 Å². The zero-order chi connectivity index (χ0) is 23.4. The molecule has 0 bridgehead atoms. The van der Waals surface area contributed by atoms with Gasteiger partial charge in [0.05, 0.1) is 24.8 Å². The van der Waals surface area contributed by atoms with Crippen LogP contribution in [0.1, 0.15) is 5.56 Å².